The normalized spacial score (nSPS) is 37.1. The van der Waals surface area contributed by atoms with Gasteiger partial charge in [-0.3, -0.25) is 19.2 Å². The molecule has 34 heavy (non-hydrogen) atoms. The van der Waals surface area contributed by atoms with E-state index in [4.69, 9.17) is 9.47 Å². The second-order valence-electron chi connectivity index (χ2n) is 11.4. The Labute approximate surface area is 202 Å². The lowest BCUT2D eigenvalue weighted by atomic mass is 9.46. The van der Waals surface area contributed by atoms with E-state index >= 15 is 0 Å². The maximum absolute atomic E-state index is 13.6. The molecule has 3 fully saturated rings. The standard InChI is InChI=1S/C28H38O6/c1-7-11-28(33-17(3)29,34-18(4)30)23-15-24(32)26(5)12-10-22-21(25(23)26)9-8-19-14-20(31)13-16(2)27(19,22)6/h13-14,21-23,25H,7-12,15H2,1-6H3/t21-,22+,23+,25-,26-,27+/m1/s1. The van der Waals surface area contributed by atoms with Gasteiger partial charge in [0.1, 0.15) is 5.78 Å². The number of carbonyl (C=O) groups excluding carboxylic acids is 4. The third-order valence-corrected chi connectivity index (χ3v) is 9.61. The lowest BCUT2D eigenvalue weighted by Crippen LogP contribution is -2.56. The number of esters is 2. The zero-order valence-electron chi connectivity index (χ0n) is 21.4. The molecule has 6 atom stereocenters. The van der Waals surface area contributed by atoms with Crippen LogP contribution in [-0.4, -0.2) is 29.3 Å². The Hall–Kier alpha value is -2.24. The van der Waals surface area contributed by atoms with Crippen LogP contribution in [0.5, 0.6) is 0 Å². The molecule has 0 aromatic carbocycles. The average Bonchev–Trinajstić information content (AvgIpc) is 3.00. The van der Waals surface area contributed by atoms with E-state index in [1.807, 2.05) is 13.0 Å². The van der Waals surface area contributed by atoms with Crippen LogP contribution in [0.3, 0.4) is 0 Å². The summed E-state index contributed by atoms with van der Waals surface area (Å²) < 4.78 is 11.7. The minimum Gasteiger partial charge on any atom is -0.422 e. The van der Waals surface area contributed by atoms with E-state index in [9.17, 15) is 19.2 Å². The van der Waals surface area contributed by atoms with Gasteiger partial charge >= 0.3 is 11.9 Å². The molecule has 4 aliphatic carbocycles. The number of carbonyl (C=O) groups is 4. The summed E-state index contributed by atoms with van der Waals surface area (Å²) in [6.07, 6.45) is 8.18. The first-order valence-electron chi connectivity index (χ1n) is 12.7. The number of ketones is 2. The van der Waals surface area contributed by atoms with Gasteiger partial charge in [0.05, 0.1) is 0 Å². The first-order valence-corrected chi connectivity index (χ1v) is 12.7. The number of Topliss-reactive ketones (excluding diaryl/α,β-unsaturated/α-hetero) is 1. The Morgan fingerprint density at radius 2 is 1.74 bits per heavy atom. The lowest BCUT2D eigenvalue weighted by molar-refractivity contribution is -0.261. The predicted molar refractivity (Wildman–Crippen MR) is 126 cm³/mol. The summed E-state index contributed by atoms with van der Waals surface area (Å²) in [5.41, 5.74) is 1.53. The molecule has 0 spiro atoms. The van der Waals surface area contributed by atoms with Gasteiger partial charge in [-0.25, -0.2) is 0 Å². The van der Waals surface area contributed by atoms with Gasteiger partial charge in [-0.05, 0) is 68.9 Å². The number of ether oxygens (including phenoxy) is 2. The first-order chi connectivity index (χ1) is 15.9. The van der Waals surface area contributed by atoms with Crippen molar-refractivity contribution < 1.29 is 28.7 Å². The van der Waals surface area contributed by atoms with E-state index in [0.717, 1.165) is 31.3 Å². The van der Waals surface area contributed by atoms with Crippen molar-refractivity contribution in [2.24, 2.45) is 34.5 Å². The summed E-state index contributed by atoms with van der Waals surface area (Å²) in [5, 5.41) is 0. The number of rotatable bonds is 5. The van der Waals surface area contributed by atoms with Gasteiger partial charge in [0.15, 0.2) is 5.78 Å². The van der Waals surface area contributed by atoms with Crippen LogP contribution in [0.15, 0.2) is 23.3 Å². The quantitative estimate of drug-likeness (QED) is 0.410. The molecule has 0 aliphatic heterocycles. The number of hydrogen-bond donors (Lipinski definition) is 0. The number of fused-ring (bicyclic) bond motifs is 5. The van der Waals surface area contributed by atoms with E-state index in [-0.39, 0.29) is 47.1 Å². The van der Waals surface area contributed by atoms with Gasteiger partial charge in [0.25, 0.3) is 5.79 Å². The Morgan fingerprint density at radius 1 is 1.09 bits per heavy atom. The summed E-state index contributed by atoms with van der Waals surface area (Å²) >= 11 is 0. The maximum atomic E-state index is 13.6. The third-order valence-electron chi connectivity index (χ3n) is 9.61. The van der Waals surface area contributed by atoms with Gasteiger partial charge in [0, 0.05) is 43.4 Å². The van der Waals surface area contributed by atoms with Crippen molar-refractivity contribution in [1.82, 2.24) is 0 Å². The van der Waals surface area contributed by atoms with Gasteiger partial charge in [-0.15, -0.1) is 0 Å². The summed E-state index contributed by atoms with van der Waals surface area (Å²) in [5.74, 6) is -2.17. The summed E-state index contributed by atoms with van der Waals surface area (Å²) in [7, 11) is 0. The van der Waals surface area contributed by atoms with Crippen molar-refractivity contribution >= 4 is 23.5 Å². The van der Waals surface area contributed by atoms with Gasteiger partial charge in [0.2, 0.25) is 0 Å². The molecule has 0 unspecified atom stereocenters. The highest BCUT2D eigenvalue weighted by molar-refractivity contribution is 6.02. The highest BCUT2D eigenvalue weighted by Crippen LogP contribution is 2.67. The van der Waals surface area contributed by atoms with E-state index in [0.29, 0.717) is 12.8 Å². The van der Waals surface area contributed by atoms with Crippen molar-refractivity contribution in [2.45, 2.75) is 92.3 Å². The monoisotopic (exact) mass is 470 g/mol. The molecule has 0 bridgehead atoms. The lowest BCUT2D eigenvalue weighted by Gasteiger charge is -2.58. The van der Waals surface area contributed by atoms with Crippen LogP contribution >= 0.6 is 0 Å². The van der Waals surface area contributed by atoms with Crippen LogP contribution in [-0.2, 0) is 28.7 Å². The fraction of sp³-hybridized carbons (Fsp3) is 0.714. The second-order valence-corrected chi connectivity index (χ2v) is 11.4. The minimum atomic E-state index is -1.43. The highest BCUT2D eigenvalue weighted by Gasteiger charge is 2.67. The average molecular weight is 471 g/mol. The predicted octanol–water partition coefficient (Wildman–Crippen LogP) is 5.10. The Kier molecular flexibility index (Phi) is 6.19. The van der Waals surface area contributed by atoms with E-state index in [1.165, 1.54) is 19.4 Å². The molecule has 6 nitrogen and oxygen atoms in total. The highest BCUT2D eigenvalue weighted by atomic mass is 16.7. The van der Waals surface area contributed by atoms with Crippen molar-refractivity contribution in [1.29, 1.82) is 0 Å². The molecule has 0 N–H and O–H groups in total. The van der Waals surface area contributed by atoms with E-state index in [1.54, 1.807) is 6.08 Å². The smallest absolute Gasteiger partial charge is 0.305 e. The van der Waals surface area contributed by atoms with Crippen LogP contribution in [0.25, 0.3) is 0 Å². The first kappa shape index (κ1) is 24.9. The van der Waals surface area contributed by atoms with Crippen LogP contribution < -0.4 is 0 Å². The third kappa shape index (κ3) is 3.59. The zero-order valence-corrected chi connectivity index (χ0v) is 21.4. The molecule has 186 valence electrons. The molecule has 4 rings (SSSR count). The minimum absolute atomic E-state index is 0.0599. The largest absolute Gasteiger partial charge is 0.422 e. The summed E-state index contributed by atoms with van der Waals surface area (Å²) in [4.78, 5) is 50.3. The fourth-order valence-corrected chi connectivity index (χ4v) is 8.17. The number of hydrogen-bond acceptors (Lipinski definition) is 6. The van der Waals surface area contributed by atoms with E-state index in [2.05, 4.69) is 20.8 Å². The number of allylic oxidation sites excluding steroid dienone is 4. The SMILES string of the molecule is CCCC(OC(C)=O)(OC(C)=O)[C@H]1CC(=O)[C@@]2(C)CC[C@H]3[C@@H](CCC4=CC(=O)C=C(C)[C@@]43C)[C@H]12. The molecule has 4 aliphatic rings. The topological polar surface area (TPSA) is 86.7 Å². The van der Waals surface area contributed by atoms with Gasteiger partial charge in [-0.2, -0.15) is 0 Å². The summed E-state index contributed by atoms with van der Waals surface area (Å²) in [6.45, 7) is 11.0. The molecule has 0 aromatic heterocycles. The Bertz CT molecular complexity index is 973. The van der Waals surface area contributed by atoms with Gasteiger partial charge < -0.3 is 9.47 Å². The maximum Gasteiger partial charge on any atom is 0.305 e. The van der Waals surface area contributed by atoms with Crippen LogP contribution in [0.1, 0.15) is 86.5 Å². The van der Waals surface area contributed by atoms with Crippen molar-refractivity contribution in [3.63, 3.8) is 0 Å². The van der Waals surface area contributed by atoms with E-state index < -0.39 is 23.1 Å². The fourth-order valence-electron chi connectivity index (χ4n) is 8.17. The van der Waals surface area contributed by atoms with Crippen LogP contribution in [0.4, 0.5) is 0 Å². The molecule has 0 aromatic rings. The van der Waals surface area contributed by atoms with Crippen LogP contribution in [0.2, 0.25) is 0 Å². The molecule has 0 heterocycles. The summed E-state index contributed by atoms with van der Waals surface area (Å²) in [6, 6.07) is 0. The van der Waals surface area contributed by atoms with Crippen molar-refractivity contribution in [2.75, 3.05) is 0 Å². The second kappa shape index (κ2) is 8.46. The van der Waals surface area contributed by atoms with Crippen molar-refractivity contribution in [3.8, 4) is 0 Å². The zero-order chi connectivity index (χ0) is 25.1. The molecular weight excluding hydrogens is 432 g/mol. The molecule has 0 radical (unpaired) electrons. The van der Waals surface area contributed by atoms with Gasteiger partial charge in [-0.1, -0.05) is 31.9 Å². The molecular formula is C28H38O6. The molecule has 3 saturated carbocycles. The molecule has 0 amide bonds. The Morgan fingerprint density at radius 3 is 2.32 bits per heavy atom. The molecule has 6 heteroatoms. The van der Waals surface area contributed by atoms with Crippen molar-refractivity contribution in [3.05, 3.63) is 23.3 Å². The Balaban J connectivity index is 1.82. The van der Waals surface area contributed by atoms with Crippen LogP contribution in [0, 0.1) is 34.5 Å². The molecule has 0 saturated heterocycles.